The van der Waals surface area contributed by atoms with E-state index < -0.39 is 0 Å². The number of aromatic nitrogens is 1. The Morgan fingerprint density at radius 3 is 2.83 bits per heavy atom. The van der Waals surface area contributed by atoms with Crippen LogP contribution in [0.1, 0.15) is 0 Å². The highest BCUT2D eigenvalue weighted by molar-refractivity contribution is 9.10. The third-order valence-electron chi connectivity index (χ3n) is 2.61. The van der Waals surface area contributed by atoms with Gasteiger partial charge in [0.15, 0.2) is 0 Å². The third-order valence-corrected chi connectivity index (χ3v) is 4.47. The number of thiazole rings is 1. The molecule has 2 N–H and O–H groups in total. The summed E-state index contributed by atoms with van der Waals surface area (Å²) in [5.74, 6) is 0. The predicted molar refractivity (Wildman–Crippen MR) is 82.2 cm³/mol. The van der Waals surface area contributed by atoms with Crippen molar-refractivity contribution in [2.24, 2.45) is 0 Å². The van der Waals surface area contributed by atoms with Gasteiger partial charge < -0.3 is 5.73 Å². The summed E-state index contributed by atoms with van der Waals surface area (Å²) in [6.07, 6.45) is 0. The number of rotatable bonds is 1. The molecule has 0 saturated carbocycles. The maximum atomic E-state index is 6.20. The van der Waals surface area contributed by atoms with Gasteiger partial charge in [-0.25, -0.2) is 4.98 Å². The molecule has 0 saturated heterocycles. The lowest BCUT2D eigenvalue weighted by molar-refractivity contribution is 1.47. The number of hydrogen-bond acceptors (Lipinski definition) is 3. The molecule has 0 aliphatic rings. The second-order valence-corrected chi connectivity index (χ2v) is 6.19. The van der Waals surface area contributed by atoms with Crippen LogP contribution in [0, 0.1) is 0 Å². The Bertz CT molecular complexity index is 719. The van der Waals surface area contributed by atoms with E-state index >= 15 is 0 Å². The molecule has 3 aromatic rings. The van der Waals surface area contributed by atoms with Gasteiger partial charge in [-0.05, 0) is 30.3 Å². The molecule has 2 nitrogen and oxygen atoms in total. The summed E-state index contributed by atoms with van der Waals surface area (Å²) >= 11 is 11.2. The number of nitrogens with two attached hydrogens (primary N) is 1. The van der Waals surface area contributed by atoms with Crippen molar-refractivity contribution in [3.8, 4) is 10.6 Å². The van der Waals surface area contributed by atoms with Crippen molar-refractivity contribution in [3.05, 3.63) is 45.9 Å². The number of fused-ring (bicyclic) bond motifs is 1. The van der Waals surface area contributed by atoms with Crippen molar-refractivity contribution >= 4 is 54.8 Å². The molecular weight excluding hydrogens is 332 g/mol. The first-order chi connectivity index (χ1) is 8.65. The fraction of sp³-hybridized carbons (Fsp3) is 0. The second-order valence-electron chi connectivity index (χ2n) is 3.84. The summed E-state index contributed by atoms with van der Waals surface area (Å²) < 4.78 is 2.13. The first-order valence-electron chi connectivity index (χ1n) is 5.25. The average Bonchev–Trinajstić information content (AvgIpc) is 2.71. The molecule has 0 fully saturated rings. The van der Waals surface area contributed by atoms with Crippen LogP contribution >= 0.6 is 38.9 Å². The molecule has 0 amide bonds. The van der Waals surface area contributed by atoms with Crippen LogP contribution in [0.15, 0.2) is 40.9 Å². The Morgan fingerprint density at radius 2 is 2.06 bits per heavy atom. The van der Waals surface area contributed by atoms with Gasteiger partial charge in [0.25, 0.3) is 0 Å². The lowest BCUT2D eigenvalue weighted by Gasteiger charge is -2.03. The van der Waals surface area contributed by atoms with Gasteiger partial charge in [0.1, 0.15) is 5.01 Å². The highest BCUT2D eigenvalue weighted by Crippen LogP contribution is 2.38. The van der Waals surface area contributed by atoms with E-state index in [1.54, 1.807) is 11.3 Å². The van der Waals surface area contributed by atoms with E-state index in [0.717, 1.165) is 25.3 Å². The van der Waals surface area contributed by atoms with Gasteiger partial charge in [0.2, 0.25) is 0 Å². The van der Waals surface area contributed by atoms with Crippen molar-refractivity contribution in [1.82, 2.24) is 4.98 Å². The second kappa shape index (κ2) is 4.53. The van der Waals surface area contributed by atoms with Gasteiger partial charge in [0.05, 0.1) is 20.8 Å². The van der Waals surface area contributed by atoms with Gasteiger partial charge in [-0.15, -0.1) is 11.3 Å². The van der Waals surface area contributed by atoms with Gasteiger partial charge in [0, 0.05) is 10.2 Å². The molecular formula is C13H8BrClN2S. The van der Waals surface area contributed by atoms with Crippen LogP contribution in [0.4, 0.5) is 5.69 Å². The van der Waals surface area contributed by atoms with Crippen LogP contribution in [0.5, 0.6) is 0 Å². The van der Waals surface area contributed by atoms with E-state index in [9.17, 15) is 0 Å². The minimum absolute atomic E-state index is 0.633. The molecule has 1 aromatic heterocycles. The van der Waals surface area contributed by atoms with E-state index in [4.69, 9.17) is 17.3 Å². The summed E-state index contributed by atoms with van der Waals surface area (Å²) in [5.41, 5.74) is 8.40. The fourth-order valence-corrected chi connectivity index (χ4v) is 3.48. The quantitative estimate of drug-likeness (QED) is 0.636. The topological polar surface area (TPSA) is 38.9 Å². The summed E-state index contributed by atoms with van der Waals surface area (Å²) in [7, 11) is 0. The molecule has 0 aliphatic heterocycles. The lowest BCUT2D eigenvalue weighted by atomic mass is 10.2. The highest BCUT2D eigenvalue weighted by Gasteiger charge is 2.12. The van der Waals surface area contributed by atoms with Crippen molar-refractivity contribution in [1.29, 1.82) is 0 Å². The van der Waals surface area contributed by atoms with Crippen molar-refractivity contribution in [2.45, 2.75) is 0 Å². The Labute approximate surface area is 122 Å². The molecule has 0 aliphatic carbocycles. The molecule has 0 radical (unpaired) electrons. The van der Waals surface area contributed by atoms with Crippen LogP contribution in [-0.4, -0.2) is 4.98 Å². The summed E-state index contributed by atoms with van der Waals surface area (Å²) in [6.45, 7) is 0. The Balaban J connectivity index is 2.26. The molecule has 3 rings (SSSR count). The smallest absolute Gasteiger partial charge is 0.128 e. The van der Waals surface area contributed by atoms with Crippen LogP contribution < -0.4 is 5.73 Å². The molecule has 0 bridgehead atoms. The van der Waals surface area contributed by atoms with Crippen LogP contribution in [0.25, 0.3) is 20.8 Å². The Morgan fingerprint density at radius 1 is 1.22 bits per heavy atom. The zero-order valence-corrected chi connectivity index (χ0v) is 12.3. The fourth-order valence-electron chi connectivity index (χ4n) is 1.77. The minimum Gasteiger partial charge on any atom is -0.398 e. The molecule has 18 heavy (non-hydrogen) atoms. The summed E-state index contributed by atoms with van der Waals surface area (Å²) in [4.78, 5) is 4.59. The van der Waals surface area contributed by atoms with E-state index in [1.165, 1.54) is 0 Å². The normalized spacial score (nSPS) is 11.0. The third kappa shape index (κ3) is 2.00. The van der Waals surface area contributed by atoms with E-state index in [1.807, 2.05) is 36.4 Å². The van der Waals surface area contributed by atoms with Gasteiger partial charge in [-0.2, -0.15) is 0 Å². The van der Waals surface area contributed by atoms with E-state index in [0.29, 0.717) is 10.7 Å². The summed E-state index contributed by atoms with van der Waals surface area (Å²) in [5, 5.41) is 1.49. The highest BCUT2D eigenvalue weighted by atomic mass is 79.9. The molecule has 0 atom stereocenters. The minimum atomic E-state index is 0.633. The molecule has 5 heteroatoms. The molecule has 90 valence electrons. The molecule has 0 spiro atoms. The van der Waals surface area contributed by atoms with Crippen molar-refractivity contribution in [3.63, 3.8) is 0 Å². The van der Waals surface area contributed by atoms with Crippen LogP contribution in [0.2, 0.25) is 5.02 Å². The standard InChI is InChI=1S/C13H8BrClN2S/c14-7-4-5-11-10(6-7)17-13(18-11)12-8(15)2-1-3-9(12)16/h1-6H,16H2. The van der Waals surface area contributed by atoms with Gasteiger partial charge >= 0.3 is 0 Å². The van der Waals surface area contributed by atoms with Crippen molar-refractivity contribution < 1.29 is 0 Å². The zero-order valence-electron chi connectivity index (χ0n) is 9.15. The largest absolute Gasteiger partial charge is 0.398 e. The average molecular weight is 340 g/mol. The van der Waals surface area contributed by atoms with E-state index in [2.05, 4.69) is 20.9 Å². The molecule has 2 aromatic carbocycles. The van der Waals surface area contributed by atoms with Crippen molar-refractivity contribution in [2.75, 3.05) is 5.73 Å². The number of nitrogen functional groups attached to an aromatic ring is 1. The van der Waals surface area contributed by atoms with Gasteiger partial charge in [-0.3, -0.25) is 0 Å². The monoisotopic (exact) mass is 338 g/mol. The zero-order chi connectivity index (χ0) is 12.7. The van der Waals surface area contributed by atoms with Gasteiger partial charge in [-0.1, -0.05) is 33.6 Å². The summed E-state index contributed by atoms with van der Waals surface area (Å²) in [6, 6.07) is 11.5. The molecule has 0 unspecified atom stereocenters. The number of nitrogens with zero attached hydrogens (tertiary/aromatic N) is 1. The number of hydrogen-bond donors (Lipinski definition) is 1. The molecule has 1 heterocycles. The number of benzene rings is 2. The lowest BCUT2D eigenvalue weighted by Crippen LogP contribution is -1.89. The first-order valence-corrected chi connectivity index (χ1v) is 7.24. The maximum absolute atomic E-state index is 6.20. The Kier molecular flexibility index (Phi) is 3.01. The predicted octanol–water partition coefficient (Wildman–Crippen LogP) is 4.96. The SMILES string of the molecule is Nc1cccc(Cl)c1-c1nc2cc(Br)ccc2s1. The number of anilines is 1. The van der Waals surface area contributed by atoms with Crippen LogP contribution in [-0.2, 0) is 0 Å². The van der Waals surface area contributed by atoms with Crippen LogP contribution in [0.3, 0.4) is 0 Å². The maximum Gasteiger partial charge on any atom is 0.128 e. The number of halogens is 2. The first kappa shape index (κ1) is 12.0. The Hall–Kier alpha value is -1.10. The van der Waals surface area contributed by atoms with E-state index in [-0.39, 0.29) is 0 Å².